The summed E-state index contributed by atoms with van der Waals surface area (Å²) in [5.41, 5.74) is 8.26. The molecule has 2 aromatic carbocycles. The molecule has 0 fully saturated rings. The molecule has 0 spiro atoms. The normalized spacial score (nSPS) is 10.6. The first-order valence-corrected chi connectivity index (χ1v) is 10.7. The van der Waals surface area contributed by atoms with E-state index >= 15 is 0 Å². The highest BCUT2D eigenvalue weighted by atomic mass is 32.2. The van der Waals surface area contributed by atoms with Crippen LogP contribution in [0, 0.1) is 0 Å². The molecule has 0 aliphatic rings. The van der Waals surface area contributed by atoms with E-state index in [2.05, 4.69) is 4.98 Å². The second kappa shape index (κ2) is 10.1. The number of primary amides is 1. The molecule has 0 atom stereocenters. The van der Waals surface area contributed by atoms with Gasteiger partial charge in [-0.3, -0.25) is 9.59 Å². The van der Waals surface area contributed by atoms with E-state index in [0.717, 1.165) is 21.2 Å². The standard InChI is InChI=1S/C21H21N3O2S2/c22-19(25)11-12-24(13-16-7-3-1-4-8-16)20(26)15-28-21-23-18(14-27-21)17-9-5-2-6-10-17/h1-10,14H,11-13,15H2,(H2,22,25). The Balaban J connectivity index is 1.61. The molecule has 2 N–H and O–H groups in total. The van der Waals surface area contributed by atoms with Gasteiger partial charge < -0.3 is 10.6 Å². The van der Waals surface area contributed by atoms with Crippen LogP contribution in [0.5, 0.6) is 0 Å². The Morgan fingerprint density at radius 3 is 2.39 bits per heavy atom. The van der Waals surface area contributed by atoms with Gasteiger partial charge in [0.1, 0.15) is 0 Å². The van der Waals surface area contributed by atoms with Gasteiger partial charge in [-0.15, -0.1) is 11.3 Å². The van der Waals surface area contributed by atoms with Crippen molar-refractivity contribution in [2.24, 2.45) is 5.73 Å². The highest BCUT2D eigenvalue weighted by Crippen LogP contribution is 2.28. The van der Waals surface area contributed by atoms with Gasteiger partial charge in [0.25, 0.3) is 0 Å². The van der Waals surface area contributed by atoms with Crippen LogP contribution in [0.1, 0.15) is 12.0 Å². The summed E-state index contributed by atoms with van der Waals surface area (Å²) in [6, 6.07) is 19.7. The van der Waals surface area contributed by atoms with Crippen molar-refractivity contribution < 1.29 is 9.59 Å². The monoisotopic (exact) mass is 411 g/mol. The van der Waals surface area contributed by atoms with Gasteiger partial charge >= 0.3 is 0 Å². The second-order valence-corrected chi connectivity index (χ2v) is 8.25. The number of aromatic nitrogens is 1. The van der Waals surface area contributed by atoms with Crippen LogP contribution >= 0.6 is 23.1 Å². The fourth-order valence-corrected chi connectivity index (χ4v) is 4.36. The van der Waals surface area contributed by atoms with Crippen LogP contribution in [-0.4, -0.2) is 34.0 Å². The molecular weight excluding hydrogens is 390 g/mol. The fraction of sp³-hybridized carbons (Fsp3) is 0.190. The van der Waals surface area contributed by atoms with Crippen LogP contribution in [-0.2, 0) is 16.1 Å². The second-order valence-electron chi connectivity index (χ2n) is 6.17. The largest absolute Gasteiger partial charge is 0.370 e. The Kier molecular flexibility index (Phi) is 7.22. The van der Waals surface area contributed by atoms with Crippen molar-refractivity contribution in [2.75, 3.05) is 12.3 Å². The van der Waals surface area contributed by atoms with E-state index in [4.69, 9.17) is 5.73 Å². The minimum absolute atomic E-state index is 0.0356. The van der Waals surface area contributed by atoms with Crippen LogP contribution in [0.3, 0.4) is 0 Å². The minimum Gasteiger partial charge on any atom is -0.370 e. The molecule has 7 heteroatoms. The zero-order valence-electron chi connectivity index (χ0n) is 15.3. The van der Waals surface area contributed by atoms with Crippen LogP contribution in [0.15, 0.2) is 70.4 Å². The lowest BCUT2D eigenvalue weighted by molar-refractivity contribution is -0.129. The maximum Gasteiger partial charge on any atom is 0.233 e. The smallest absolute Gasteiger partial charge is 0.233 e. The lowest BCUT2D eigenvalue weighted by Gasteiger charge is -2.22. The number of nitrogens with two attached hydrogens (primary N) is 1. The third kappa shape index (κ3) is 5.94. The highest BCUT2D eigenvalue weighted by Gasteiger charge is 2.16. The fourth-order valence-electron chi connectivity index (χ4n) is 2.62. The van der Waals surface area contributed by atoms with Crippen molar-refractivity contribution in [1.29, 1.82) is 0 Å². The van der Waals surface area contributed by atoms with Gasteiger partial charge in [-0.1, -0.05) is 72.4 Å². The van der Waals surface area contributed by atoms with Crippen LogP contribution < -0.4 is 5.73 Å². The molecule has 28 heavy (non-hydrogen) atoms. The predicted octanol–water partition coefficient (Wildman–Crippen LogP) is 3.81. The maximum absolute atomic E-state index is 12.7. The molecule has 144 valence electrons. The van der Waals surface area contributed by atoms with Crippen molar-refractivity contribution in [3.05, 3.63) is 71.6 Å². The van der Waals surface area contributed by atoms with Crippen molar-refractivity contribution in [3.8, 4) is 11.3 Å². The maximum atomic E-state index is 12.7. The summed E-state index contributed by atoms with van der Waals surface area (Å²) in [6.45, 7) is 0.775. The van der Waals surface area contributed by atoms with Gasteiger partial charge in [0, 0.05) is 30.5 Å². The summed E-state index contributed by atoms with van der Waals surface area (Å²) in [5.74, 6) is -0.176. The summed E-state index contributed by atoms with van der Waals surface area (Å²) in [4.78, 5) is 30.2. The van der Waals surface area contributed by atoms with Gasteiger partial charge in [-0.25, -0.2) is 4.98 Å². The summed E-state index contributed by atoms with van der Waals surface area (Å²) < 4.78 is 0.849. The molecule has 0 saturated heterocycles. The van der Waals surface area contributed by atoms with Gasteiger partial charge in [0.2, 0.25) is 11.8 Å². The first kappa shape index (κ1) is 20.1. The lowest BCUT2D eigenvalue weighted by atomic mass is 10.2. The molecule has 2 amide bonds. The molecule has 3 aromatic rings. The van der Waals surface area contributed by atoms with Gasteiger partial charge in [0.15, 0.2) is 4.34 Å². The van der Waals surface area contributed by atoms with Crippen LogP contribution in [0.2, 0.25) is 0 Å². The van der Waals surface area contributed by atoms with E-state index in [1.807, 2.05) is 66.0 Å². The molecule has 3 rings (SSSR count). The Morgan fingerprint density at radius 2 is 1.71 bits per heavy atom. The SMILES string of the molecule is NC(=O)CCN(Cc1ccccc1)C(=O)CSc1nc(-c2ccccc2)cs1. The molecule has 0 bridgehead atoms. The molecule has 0 unspecified atom stereocenters. The number of hydrogen-bond acceptors (Lipinski definition) is 5. The average Bonchev–Trinajstić information content (AvgIpc) is 3.20. The van der Waals surface area contributed by atoms with E-state index in [9.17, 15) is 9.59 Å². The minimum atomic E-state index is -0.411. The molecule has 1 aromatic heterocycles. The average molecular weight is 412 g/mol. The first-order chi connectivity index (χ1) is 13.6. The third-order valence-electron chi connectivity index (χ3n) is 4.07. The quantitative estimate of drug-likeness (QED) is 0.543. The Bertz CT molecular complexity index is 914. The number of hydrogen-bond donors (Lipinski definition) is 1. The first-order valence-electron chi connectivity index (χ1n) is 8.85. The molecule has 0 aliphatic carbocycles. The van der Waals surface area contributed by atoms with Crippen molar-refractivity contribution in [2.45, 2.75) is 17.3 Å². The summed E-state index contributed by atoms with van der Waals surface area (Å²) in [7, 11) is 0. The molecule has 5 nitrogen and oxygen atoms in total. The van der Waals surface area contributed by atoms with Crippen molar-refractivity contribution in [3.63, 3.8) is 0 Å². The van der Waals surface area contributed by atoms with Gasteiger partial charge in [-0.2, -0.15) is 0 Å². The summed E-state index contributed by atoms with van der Waals surface area (Å²) in [6.07, 6.45) is 0.151. The van der Waals surface area contributed by atoms with Crippen molar-refractivity contribution >= 4 is 34.9 Å². The Hall–Kier alpha value is -2.64. The number of thioether (sulfide) groups is 1. The number of rotatable bonds is 9. The third-order valence-corrected chi connectivity index (χ3v) is 6.07. The number of carbonyl (C=O) groups is 2. The number of benzene rings is 2. The van der Waals surface area contributed by atoms with Crippen LogP contribution in [0.4, 0.5) is 0 Å². The topological polar surface area (TPSA) is 76.3 Å². The van der Waals surface area contributed by atoms with E-state index in [1.54, 1.807) is 4.90 Å². The molecule has 1 heterocycles. The highest BCUT2D eigenvalue weighted by molar-refractivity contribution is 8.01. The van der Waals surface area contributed by atoms with E-state index in [0.29, 0.717) is 13.1 Å². The van der Waals surface area contributed by atoms with E-state index < -0.39 is 5.91 Å². The lowest BCUT2D eigenvalue weighted by Crippen LogP contribution is -2.34. The molecule has 0 aliphatic heterocycles. The van der Waals surface area contributed by atoms with Crippen LogP contribution in [0.25, 0.3) is 11.3 Å². The number of thiazole rings is 1. The summed E-state index contributed by atoms with van der Waals surface area (Å²) in [5, 5.41) is 2.00. The molecule has 0 radical (unpaired) electrons. The van der Waals surface area contributed by atoms with E-state index in [-0.39, 0.29) is 18.1 Å². The predicted molar refractivity (Wildman–Crippen MR) is 114 cm³/mol. The number of nitrogens with zero attached hydrogens (tertiary/aromatic N) is 2. The Morgan fingerprint density at radius 1 is 1.04 bits per heavy atom. The molecule has 0 saturated carbocycles. The zero-order valence-corrected chi connectivity index (χ0v) is 16.9. The number of amides is 2. The number of carbonyl (C=O) groups excluding carboxylic acids is 2. The van der Waals surface area contributed by atoms with Gasteiger partial charge in [-0.05, 0) is 5.56 Å². The van der Waals surface area contributed by atoms with Gasteiger partial charge in [0.05, 0.1) is 11.4 Å². The van der Waals surface area contributed by atoms with E-state index in [1.165, 1.54) is 23.1 Å². The molecular formula is C21H21N3O2S2. The summed E-state index contributed by atoms with van der Waals surface area (Å²) >= 11 is 2.94. The Labute approximate surface area is 172 Å². The zero-order chi connectivity index (χ0) is 19.8. The van der Waals surface area contributed by atoms with Crippen molar-refractivity contribution in [1.82, 2.24) is 9.88 Å².